The van der Waals surface area contributed by atoms with Crippen LogP contribution in [-0.4, -0.2) is 44.9 Å². The minimum Gasteiger partial charge on any atom is -0.475 e. The number of nitrogens with zero attached hydrogens (tertiary/aromatic N) is 3. The van der Waals surface area contributed by atoms with Crippen LogP contribution in [0.25, 0.3) is 21.5 Å². The van der Waals surface area contributed by atoms with E-state index in [-0.39, 0.29) is 31.1 Å². The second kappa shape index (κ2) is 13.1. The summed E-state index contributed by atoms with van der Waals surface area (Å²) in [5.41, 5.74) is 8.71. The number of aromatic carboxylic acids is 1. The lowest BCUT2D eigenvalue weighted by atomic mass is 9.88. The number of nitrogens with two attached hydrogens (primary N) is 1. The molecule has 46 heavy (non-hydrogen) atoms. The van der Waals surface area contributed by atoms with Crippen LogP contribution in [0.5, 0.6) is 0 Å². The van der Waals surface area contributed by atoms with Crippen molar-refractivity contribution >= 4 is 39.2 Å². The molecule has 0 radical (unpaired) electrons. The Balaban J connectivity index is 1.39. The number of carbonyl (C=O) groups is 3. The van der Waals surface area contributed by atoms with Crippen LogP contribution in [0.4, 0.5) is 0 Å². The van der Waals surface area contributed by atoms with Gasteiger partial charge >= 0.3 is 5.97 Å². The van der Waals surface area contributed by atoms with E-state index >= 15 is 0 Å². The van der Waals surface area contributed by atoms with Crippen molar-refractivity contribution in [3.8, 4) is 0 Å². The first-order valence-corrected chi connectivity index (χ1v) is 14.9. The van der Waals surface area contributed by atoms with E-state index < -0.39 is 29.7 Å². The zero-order chi connectivity index (χ0) is 32.2. The van der Waals surface area contributed by atoms with E-state index in [1.807, 2.05) is 91.0 Å². The van der Waals surface area contributed by atoms with Crippen LogP contribution in [-0.2, 0) is 24.2 Å². The number of rotatable bonds is 11. The van der Waals surface area contributed by atoms with E-state index in [9.17, 15) is 19.5 Å². The fourth-order valence-corrected chi connectivity index (χ4v) is 5.78. The largest absolute Gasteiger partial charge is 0.475 e. The zero-order valence-corrected chi connectivity index (χ0v) is 25.2. The molecule has 0 aliphatic rings. The van der Waals surface area contributed by atoms with E-state index in [1.54, 1.807) is 25.2 Å². The van der Waals surface area contributed by atoms with Crippen LogP contribution in [0.1, 0.15) is 49.6 Å². The fraction of sp³-hybridized carbons (Fsp3) is 0.162. The van der Waals surface area contributed by atoms with E-state index in [4.69, 9.17) is 10.3 Å². The summed E-state index contributed by atoms with van der Waals surface area (Å²) in [7, 11) is 1.58. The van der Waals surface area contributed by atoms with Gasteiger partial charge in [-0.15, -0.1) is 0 Å². The van der Waals surface area contributed by atoms with Crippen molar-refractivity contribution in [2.45, 2.75) is 25.4 Å². The molecule has 6 aromatic rings. The van der Waals surface area contributed by atoms with Crippen LogP contribution in [0.15, 0.2) is 114 Å². The Kier molecular flexibility index (Phi) is 8.67. The van der Waals surface area contributed by atoms with Crippen molar-refractivity contribution in [1.82, 2.24) is 15.0 Å². The Bertz CT molecular complexity index is 2070. The molecule has 9 nitrogen and oxygen atoms in total. The van der Waals surface area contributed by atoms with Gasteiger partial charge < -0.3 is 20.3 Å². The average molecular weight is 613 g/mol. The van der Waals surface area contributed by atoms with Crippen molar-refractivity contribution in [3.05, 3.63) is 143 Å². The van der Waals surface area contributed by atoms with Crippen molar-refractivity contribution in [3.63, 3.8) is 0 Å². The van der Waals surface area contributed by atoms with Gasteiger partial charge in [-0.2, -0.15) is 4.98 Å². The van der Waals surface area contributed by atoms with Gasteiger partial charge in [0.2, 0.25) is 11.8 Å². The number of ketones is 1. The van der Waals surface area contributed by atoms with E-state index in [2.05, 4.69) is 10.1 Å². The molecule has 6 rings (SSSR count). The number of carboxylic acids is 1. The van der Waals surface area contributed by atoms with Crippen LogP contribution >= 0.6 is 0 Å². The Morgan fingerprint density at radius 1 is 0.761 bits per heavy atom. The first-order valence-electron chi connectivity index (χ1n) is 14.9. The molecule has 0 bridgehead atoms. The predicted molar refractivity (Wildman–Crippen MR) is 174 cm³/mol. The lowest BCUT2D eigenvalue weighted by Crippen LogP contribution is -2.41. The highest BCUT2D eigenvalue weighted by Gasteiger charge is 2.36. The molecule has 0 aliphatic heterocycles. The summed E-state index contributed by atoms with van der Waals surface area (Å²) < 4.78 is 5.41. The Labute approximate surface area is 265 Å². The maximum absolute atomic E-state index is 14.5. The van der Waals surface area contributed by atoms with Crippen LogP contribution in [0.2, 0.25) is 0 Å². The summed E-state index contributed by atoms with van der Waals surface area (Å²) in [5.74, 6) is -3.80. The summed E-state index contributed by atoms with van der Waals surface area (Å²) in [4.78, 5) is 45.8. The Morgan fingerprint density at radius 2 is 1.37 bits per heavy atom. The molecule has 0 saturated heterocycles. The number of hydrogen-bond donors (Lipinski definition) is 2. The number of amides is 1. The minimum absolute atomic E-state index is 0.0385. The number of carbonyl (C=O) groups excluding carboxylic acids is 2. The lowest BCUT2D eigenvalue weighted by Gasteiger charge is -2.29. The number of carboxylic acid groups (broad SMARTS) is 1. The van der Waals surface area contributed by atoms with E-state index in [0.29, 0.717) is 5.56 Å². The molecule has 1 heterocycles. The quantitative estimate of drug-likeness (QED) is 0.134. The molecule has 230 valence electrons. The molecule has 3 N–H and O–H groups in total. The van der Waals surface area contributed by atoms with E-state index in [0.717, 1.165) is 38.2 Å². The van der Waals surface area contributed by atoms with Gasteiger partial charge in [0.25, 0.3) is 5.82 Å². The van der Waals surface area contributed by atoms with E-state index in [1.165, 1.54) is 4.90 Å². The second-order valence-electron chi connectivity index (χ2n) is 11.3. The van der Waals surface area contributed by atoms with Gasteiger partial charge in [0.1, 0.15) is 12.0 Å². The normalized spacial score (nSPS) is 12.6. The van der Waals surface area contributed by atoms with Crippen LogP contribution < -0.4 is 5.73 Å². The van der Waals surface area contributed by atoms with Crippen molar-refractivity contribution < 1.29 is 24.0 Å². The third-order valence-electron chi connectivity index (χ3n) is 8.29. The molecule has 2 atom stereocenters. The summed E-state index contributed by atoms with van der Waals surface area (Å²) in [6.07, 6.45) is 0.389. The molecule has 0 spiro atoms. The highest BCUT2D eigenvalue weighted by molar-refractivity contribution is 6.10. The maximum Gasteiger partial charge on any atom is 0.377 e. The van der Waals surface area contributed by atoms with Gasteiger partial charge in [0, 0.05) is 25.6 Å². The molecule has 1 amide bonds. The Morgan fingerprint density at radius 3 is 1.96 bits per heavy atom. The van der Waals surface area contributed by atoms with Gasteiger partial charge in [0.15, 0.2) is 5.78 Å². The van der Waals surface area contributed by atoms with Gasteiger partial charge in [-0.1, -0.05) is 103 Å². The summed E-state index contributed by atoms with van der Waals surface area (Å²) in [6.45, 7) is 0.251. The standard InChI is InChI=1S/C37H32N4O5/c1-41(32(35-39-34(37(44)45)40-46-35)21-24-14-16-27-9-3-5-11-29(27)18-24)36(43)31(33(42)30-12-6-7-25(19-30)22-38)20-23-13-15-26-8-2-4-10-28(26)17-23/h2-19,31-32H,20-22,38H2,1H3,(H,44,45). The molecule has 0 fully saturated rings. The van der Waals surface area contributed by atoms with Gasteiger partial charge in [-0.25, -0.2) is 4.79 Å². The number of likely N-dealkylation sites (N-methyl/N-ethyl adjacent to an activating group) is 1. The fourth-order valence-electron chi connectivity index (χ4n) is 5.78. The Hall–Kier alpha value is -5.67. The van der Waals surface area contributed by atoms with Crippen LogP contribution in [0.3, 0.4) is 0 Å². The predicted octanol–water partition coefficient (Wildman–Crippen LogP) is 6.02. The zero-order valence-electron chi connectivity index (χ0n) is 25.2. The molecule has 5 aromatic carbocycles. The third-order valence-corrected chi connectivity index (χ3v) is 8.29. The number of Topliss-reactive ketones (excluding diaryl/α,β-unsaturated/α-hetero) is 1. The minimum atomic E-state index is -1.35. The lowest BCUT2D eigenvalue weighted by molar-refractivity contribution is -0.135. The number of fused-ring (bicyclic) bond motifs is 2. The van der Waals surface area contributed by atoms with Gasteiger partial charge in [-0.05, 0) is 55.9 Å². The molecule has 0 aliphatic carbocycles. The maximum atomic E-state index is 14.5. The van der Waals surface area contributed by atoms with Crippen molar-refractivity contribution in [2.75, 3.05) is 7.05 Å². The van der Waals surface area contributed by atoms with Crippen LogP contribution in [0, 0.1) is 5.92 Å². The summed E-state index contributed by atoms with van der Waals surface area (Å²) in [6, 6.07) is 33.8. The average Bonchev–Trinajstić information content (AvgIpc) is 3.59. The highest BCUT2D eigenvalue weighted by atomic mass is 16.5. The third kappa shape index (κ3) is 6.40. The molecule has 0 saturated carbocycles. The monoisotopic (exact) mass is 612 g/mol. The number of hydrogen-bond acceptors (Lipinski definition) is 7. The highest BCUT2D eigenvalue weighted by Crippen LogP contribution is 2.29. The smallest absolute Gasteiger partial charge is 0.377 e. The number of aromatic nitrogens is 2. The molecular formula is C37H32N4O5. The SMILES string of the molecule is CN(C(=O)C(Cc1ccc2ccccc2c1)C(=O)c1cccc(CN)c1)C(Cc1ccc2ccccc2c1)c1nc(C(=O)O)no1. The summed E-state index contributed by atoms with van der Waals surface area (Å²) >= 11 is 0. The molecule has 1 aromatic heterocycles. The van der Waals surface area contributed by atoms with Gasteiger partial charge in [0.05, 0.1) is 0 Å². The topological polar surface area (TPSA) is 140 Å². The first kappa shape index (κ1) is 30.4. The van der Waals surface area contributed by atoms with Crippen molar-refractivity contribution in [1.29, 1.82) is 0 Å². The van der Waals surface area contributed by atoms with Gasteiger partial charge in [-0.3, -0.25) is 9.59 Å². The summed E-state index contributed by atoms with van der Waals surface area (Å²) in [5, 5.41) is 17.2. The molecule has 9 heteroatoms. The first-order chi connectivity index (χ1) is 22.3. The molecular weight excluding hydrogens is 580 g/mol. The number of benzene rings is 5. The molecule has 2 unspecified atom stereocenters. The van der Waals surface area contributed by atoms with Crippen molar-refractivity contribution in [2.24, 2.45) is 11.7 Å². The second-order valence-corrected chi connectivity index (χ2v) is 11.3.